The molecule has 1 atom stereocenters. The zero-order chi connectivity index (χ0) is 12.1. The van der Waals surface area contributed by atoms with Crippen LogP contribution in [0.25, 0.3) is 0 Å². The molecule has 0 radical (unpaired) electrons. The number of carbonyl (C=O) groups is 1. The fraction of sp³-hybridized carbons (Fsp3) is 0.500. The largest absolute Gasteiger partial charge is 0.481 e. The van der Waals surface area contributed by atoms with Crippen molar-refractivity contribution >= 4 is 49.2 Å². The Morgan fingerprint density at radius 1 is 1.50 bits per heavy atom. The molecule has 0 saturated heterocycles. The van der Waals surface area contributed by atoms with Gasteiger partial charge in [0.05, 0.1) is 3.79 Å². The number of unbranched alkanes of at least 4 members (excludes halogenated alkanes) is 1. The molecule has 0 bridgehead atoms. The van der Waals surface area contributed by atoms with Crippen LogP contribution >= 0.6 is 43.2 Å². The molecule has 90 valence electrons. The van der Waals surface area contributed by atoms with Crippen LogP contribution < -0.4 is 5.73 Å². The maximum atomic E-state index is 10.3. The third-order valence-corrected chi connectivity index (χ3v) is 5.57. The van der Waals surface area contributed by atoms with Gasteiger partial charge < -0.3 is 10.8 Å². The van der Waals surface area contributed by atoms with Gasteiger partial charge in [-0.3, -0.25) is 4.79 Å². The molecule has 0 aromatic carbocycles. The molecule has 1 aromatic heterocycles. The second-order valence-corrected chi connectivity index (χ2v) is 6.77. The number of halogens is 2. The Kier molecular flexibility index (Phi) is 5.96. The van der Waals surface area contributed by atoms with E-state index in [2.05, 4.69) is 31.9 Å². The minimum absolute atomic E-state index is 0.00129. The second kappa shape index (κ2) is 6.74. The summed E-state index contributed by atoms with van der Waals surface area (Å²) < 4.78 is 2.07. The first kappa shape index (κ1) is 14.2. The summed E-state index contributed by atoms with van der Waals surface area (Å²) in [4.78, 5) is 11.4. The molecule has 1 heterocycles. The summed E-state index contributed by atoms with van der Waals surface area (Å²) >= 11 is 8.45. The van der Waals surface area contributed by atoms with Crippen LogP contribution in [0.5, 0.6) is 0 Å². The van der Waals surface area contributed by atoms with E-state index >= 15 is 0 Å². The van der Waals surface area contributed by atoms with Crippen LogP contribution in [-0.4, -0.2) is 11.1 Å². The van der Waals surface area contributed by atoms with E-state index in [0.717, 1.165) is 26.0 Å². The van der Waals surface area contributed by atoms with Crippen molar-refractivity contribution in [3.63, 3.8) is 0 Å². The van der Waals surface area contributed by atoms with Crippen LogP contribution in [0.1, 0.15) is 36.6 Å². The Morgan fingerprint density at radius 3 is 2.69 bits per heavy atom. The number of hydrogen-bond acceptors (Lipinski definition) is 3. The molecule has 1 aromatic rings. The number of nitrogens with two attached hydrogens (primary N) is 1. The van der Waals surface area contributed by atoms with Crippen LogP contribution in [0.4, 0.5) is 0 Å². The second-order valence-electron chi connectivity index (χ2n) is 3.52. The van der Waals surface area contributed by atoms with E-state index in [1.54, 1.807) is 11.3 Å². The maximum Gasteiger partial charge on any atom is 0.303 e. The van der Waals surface area contributed by atoms with Gasteiger partial charge in [-0.15, -0.1) is 11.3 Å². The van der Waals surface area contributed by atoms with Crippen molar-refractivity contribution in [1.82, 2.24) is 0 Å². The van der Waals surface area contributed by atoms with Crippen molar-refractivity contribution in [3.8, 4) is 0 Å². The number of carboxylic acid groups (broad SMARTS) is 1. The number of thiophene rings is 1. The fourth-order valence-corrected chi connectivity index (χ4v) is 3.45. The lowest BCUT2D eigenvalue weighted by Crippen LogP contribution is -2.08. The standard InChI is InChI=1S/C10H13Br2NO2S/c11-6-5-8(16-10(6)12)7(13)3-1-2-4-9(14)15/h5,7H,1-4,13H2,(H,14,15). The van der Waals surface area contributed by atoms with Crippen molar-refractivity contribution in [2.45, 2.75) is 31.7 Å². The van der Waals surface area contributed by atoms with Gasteiger partial charge in [-0.2, -0.15) is 0 Å². The fourth-order valence-electron chi connectivity index (χ4n) is 1.33. The molecule has 16 heavy (non-hydrogen) atoms. The van der Waals surface area contributed by atoms with Gasteiger partial charge in [0.1, 0.15) is 0 Å². The SMILES string of the molecule is NC(CCCCC(=O)O)c1cc(Br)c(Br)s1. The summed E-state index contributed by atoms with van der Waals surface area (Å²) in [7, 11) is 0. The summed E-state index contributed by atoms with van der Waals surface area (Å²) in [5, 5.41) is 8.49. The van der Waals surface area contributed by atoms with Crippen LogP contribution in [0.15, 0.2) is 14.3 Å². The lowest BCUT2D eigenvalue weighted by molar-refractivity contribution is -0.137. The molecule has 0 aliphatic rings. The van der Waals surface area contributed by atoms with E-state index in [-0.39, 0.29) is 12.5 Å². The zero-order valence-corrected chi connectivity index (χ0v) is 12.6. The van der Waals surface area contributed by atoms with Gasteiger partial charge in [-0.25, -0.2) is 0 Å². The molecule has 1 rings (SSSR count). The van der Waals surface area contributed by atoms with Crippen molar-refractivity contribution in [2.24, 2.45) is 5.73 Å². The van der Waals surface area contributed by atoms with Gasteiger partial charge in [0.2, 0.25) is 0 Å². The summed E-state index contributed by atoms with van der Waals surface area (Å²) in [5.41, 5.74) is 6.02. The average Bonchev–Trinajstić information content (AvgIpc) is 2.54. The van der Waals surface area contributed by atoms with E-state index < -0.39 is 5.97 Å². The Balaban J connectivity index is 2.35. The summed E-state index contributed by atoms with van der Waals surface area (Å²) in [6, 6.07) is 2.01. The summed E-state index contributed by atoms with van der Waals surface area (Å²) in [6.45, 7) is 0. The third kappa shape index (κ3) is 4.53. The molecular weight excluding hydrogens is 358 g/mol. The molecular formula is C10H13Br2NO2S. The van der Waals surface area contributed by atoms with Crippen LogP contribution in [0, 0.1) is 0 Å². The monoisotopic (exact) mass is 369 g/mol. The van der Waals surface area contributed by atoms with Crippen LogP contribution in [-0.2, 0) is 4.79 Å². The first-order valence-corrected chi connectivity index (χ1v) is 7.33. The lowest BCUT2D eigenvalue weighted by atomic mass is 10.1. The highest BCUT2D eigenvalue weighted by Crippen LogP contribution is 2.36. The van der Waals surface area contributed by atoms with Gasteiger partial charge in [0, 0.05) is 21.8 Å². The van der Waals surface area contributed by atoms with Gasteiger partial charge in [-0.1, -0.05) is 6.42 Å². The minimum Gasteiger partial charge on any atom is -0.481 e. The molecule has 0 amide bonds. The molecule has 0 aliphatic carbocycles. The Bertz CT molecular complexity index is 348. The highest BCUT2D eigenvalue weighted by atomic mass is 79.9. The van der Waals surface area contributed by atoms with E-state index in [1.807, 2.05) is 6.07 Å². The van der Waals surface area contributed by atoms with Gasteiger partial charge >= 0.3 is 5.97 Å². The first-order valence-electron chi connectivity index (χ1n) is 4.93. The van der Waals surface area contributed by atoms with Gasteiger partial charge in [0.15, 0.2) is 0 Å². The van der Waals surface area contributed by atoms with E-state index in [4.69, 9.17) is 10.8 Å². The number of rotatable bonds is 6. The quantitative estimate of drug-likeness (QED) is 0.746. The lowest BCUT2D eigenvalue weighted by Gasteiger charge is -2.08. The van der Waals surface area contributed by atoms with Crippen molar-refractivity contribution < 1.29 is 9.90 Å². The molecule has 6 heteroatoms. The number of aliphatic carboxylic acids is 1. The van der Waals surface area contributed by atoms with E-state index in [1.165, 1.54) is 0 Å². The Labute approximate surface area is 115 Å². The predicted octanol–water partition coefficient (Wildman–Crippen LogP) is 3.92. The molecule has 0 fully saturated rings. The van der Waals surface area contributed by atoms with E-state index in [0.29, 0.717) is 6.42 Å². The molecule has 3 nitrogen and oxygen atoms in total. The normalized spacial score (nSPS) is 12.7. The first-order chi connectivity index (χ1) is 7.50. The minimum atomic E-state index is -0.741. The topological polar surface area (TPSA) is 63.3 Å². The van der Waals surface area contributed by atoms with Crippen molar-refractivity contribution in [3.05, 3.63) is 19.2 Å². The van der Waals surface area contributed by atoms with Crippen molar-refractivity contribution in [2.75, 3.05) is 0 Å². The average molecular weight is 371 g/mol. The maximum absolute atomic E-state index is 10.3. The molecule has 0 aliphatic heterocycles. The number of hydrogen-bond donors (Lipinski definition) is 2. The highest BCUT2D eigenvalue weighted by Gasteiger charge is 2.11. The highest BCUT2D eigenvalue weighted by molar-refractivity contribution is 9.13. The molecule has 0 spiro atoms. The van der Waals surface area contributed by atoms with Crippen LogP contribution in [0.2, 0.25) is 0 Å². The Hall–Kier alpha value is 0.0900. The van der Waals surface area contributed by atoms with Crippen LogP contribution in [0.3, 0.4) is 0 Å². The third-order valence-electron chi connectivity index (χ3n) is 2.19. The molecule has 1 unspecified atom stereocenters. The van der Waals surface area contributed by atoms with Gasteiger partial charge in [-0.05, 0) is 50.8 Å². The summed E-state index contributed by atoms with van der Waals surface area (Å²) in [5.74, 6) is -0.741. The Morgan fingerprint density at radius 2 is 2.19 bits per heavy atom. The zero-order valence-electron chi connectivity index (χ0n) is 8.58. The number of carboxylic acids is 1. The van der Waals surface area contributed by atoms with E-state index in [9.17, 15) is 4.79 Å². The van der Waals surface area contributed by atoms with Crippen molar-refractivity contribution in [1.29, 1.82) is 0 Å². The smallest absolute Gasteiger partial charge is 0.303 e. The summed E-state index contributed by atoms with van der Waals surface area (Å²) in [6.07, 6.45) is 2.59. The van der Waals surface area contributed by atoms with Gasteiger partial charge in [0.25, 0.3) is 0 Å². The molecule has 0 saturated carbocycles. The predicted molar refractivity (Wildman–Crippen MR) is 72.8 cm³/mol. The molecule has 3 N–H and O–H groups in total.